The van der Waals surface area contributed by atoms with Crippen LogP contribution in [0.15, 0.2) is 0 Å². The van der Waals surface area contributed by atoms with Gasteiger partial charge >= 0.3 is 5.97 Å². The molecule has 0 bridgehead atoms. The highest BCUT2D eigenvalue weighted by Crippen LogP contribution is 2.10. The minimum Gasteiger partial charge on any atom is -0.466 e. The lowest BCUT2D eigenvalue weighted by atomic mass is 10.1. The van der Waals surface area contributed by atoms with Crippen LogP contribution in [0.25, 0.3) is 0 Å². The second kappa shape index (κ2) is 13.3. The Labute approximate surface area is 115 Å². The van der Waals surface area contributed by atoms with Crippen molar-refractivity contribution in [3.63, 3.8) is 0 Å². The first-order valence-corrected chi connectivity index (χ1v) is 7.44. The second-order valence-electron chi connectivity index (χ2n) is 4.79. The summed E-state index contributed by atoms with van der Waals surface area (Å²) in [5.74, 6) is -0.0895. The third-order valence-electron chi connectivity index (χ3n) is 3.03. The van der Waals surface area contributed by atoms with Gasteiger partial charge in [0.15, 0.2) is 0 Å². The van der Waals surface area contributed by atoms with Crippen LogP contribution in [0.2, 0.25) is 0 Å². The van der Waals surface area contributed by atoms with Crippen LogP contribution in [0.5, 0.6) is 0 Å². The van der Waals surface area contributed by atoms with Crippen molar-refractivity contribution in [3.8, 4) is 0 Å². The number of carbonyl (C=O) groups is 1. The molecule has 0 amide bonds. The summed E-state index contributed by atoms with van der Waals surface area (Å²) < 4.78 is 4.85. The zero-order chi connectivity index (χ0) is 14.3. The number of hydrogen-bond acceptors (Lipinski definition) is 4. The molecule has 5 heteroatoms. The molecule has 0 aliphatic heterocycles. The van der Waals surface area contributed by atoms with Crippen molar-refractivity contribution in [1.82, 2.24) is 0 Å². The third-order valence-corrected chi connectivity index (χ3v) is 3.03. The lowest BCUT2D eigenvalue weighted by Gasteiger charge is -2.02. The van der Waals surface area contributed by atoms with E-state index >= 15 is 0 Å². The molecule has 0 spiro atoms. The van der Waals surface area contributed by atoms with Gasteiger partial charge in [-0.15, -0.1) is 0 Å². The Morgan fingerprint density at radius 3 is 1.89 bits per heavy atom. The van der Waals surface area contributed by atoms with E-state index in [0.29, 0.717) is 19.4 Å². The smallest absolute Gasteiger partial charge is 0.305 e. The van der Waals surface area contributed by atoms with Crippen LogP contribution in [-0.2, 0) is 9.53 Å². The lowest BCUT2D eigenvalue weighted by molar-refractivity contribution is -0.480. The standard InChI is InChI=1S/C14H27NO4/c1-2-19-14(16)12-10-8-6-4-3-5-7-9-11-13-15(17)18/h2-13H2,1H3. The summed E-state index contributed by atoms with van der Waals surface area (Å²) in [6.07, 6.45) is 10.0. The molecule has 0 aliphatic rings. The summed E-state index contributed by atoms with van der Waals surface area (Å²) >= 11 is 0. The zero-order valence-corrected chi connectivity index (χ0v) is 12.1. The number of unbranched alkanes of at least 4 members (excludes halogenated alkanes) is 8. The van der Waals surface area contributed by atoms with E-state index in [9.17, 15) is 14.9 Å². The van der Waals surface area contributed by atoms with Crippen molar-refractivity contribution in [3.05, 3.63) is 10.1 Å². The summed E-state index contributed by atoms with van der Waals surface area (Å²) in [5, 5.41) is 10.1. The molecular weight excluding hydrogens is 246 g/mol. The van der Waals surface area contributed by atoms with Crippen molar-refractivity contribution in [2.75, 3.05) is 13.2 Å². The predicted octanol–water partition coefficient (Wildman–Crippen LogP) is 3.73. The average Bonchev–Trinajstić information content (AvgIpc) is 2.36. The summed E-state index contributed by atoms with van der Waals surface area (Å²) in [6.45, 7) is 2.40. The third kappa shape index (κ3) is 14.8. The first-order valence-electron chi connectivity index (χ1n) is 7.44. The molecule has 0 saturated carbocycles. The quantitative estimate of drug-likeness (QED) is 0.222. The first-order chi connectivity index (χ1) is 9.16. The number of hydrogen-bond donors (Lipinski definition) is 0. The fourth-order valence-corrected chi connectivity index (χ4v) is 1.98. The van der Waals surface area contributed by atoms with E-state index in [1.54, 1.807) is 0 Å². The van der Waals surface area contributed by atoms with Crippen LogP contribution in [0.1, 0.15) is 71.1 Å². The molecule has 0 aromatic carbocycles. The van der Waals surface area contributed by atoms with Crippen molar-refractivity contribution in [2.24, 2.45) is 0 Å². The van der Waals surface area contributed by atoms with Gasteiger partial charge in [0.25, 0.3) is 0 Å². The molecule has 0 heterocycles. The Hall–Kier alpha value is -1.13. The molecule has 0 atom stereocenters. The molecule has 112 valence electrons. The highest BCUT2D eigenvalue weighted by molar-refractivity contribution is 5.69. The molecular formula is C14H27NO4. The number of carbonyl (C=O) groups excluding carboxylic acids is 1. The Kier molecular flexibility index (Phi) is 12.5. The van der Waals surface area contributed by atoms with Crippen LogP contribution in [0, 0.1) is 10.1 Å². The van der Waals surface area contributed by atoms with Crippen LogP contribution >= 0.6 is 0 Å². The molecule has 0 aliphatic carbocycles. The van der Waals surface area contributed by atoms with Crippen LogP contribution in [0.4, 0.5) is 0 Å². The fourth-order valence-electron chi connectivity index (χ4n) is 1.98. The van der Waals surface area contributed by atoms with Crippen LogP contribution in [-0.4, -0.2) is 24.0 Å². The Morgan fingerprint density at radius 2 is 1.42 bits per heavy atom. The highest BCUT2D eigenvalue weighted by Gasteiger charge is 2.00. The minimum absolute atomic E-state index is 0.0895. The summed E-state index contributed by atoms with van der Waals surface area (Å²) in [5.41, 5.74) is 0. The zero-order valence-electron chi connectivity index (χ0n) is 12.1. The second-order valence-corrected chi connectivity index (χ2v) is 4.79. The lowest BCUT2D eigenvalue weighted by Crippen LogP contribution is -2.03. The number of rotatable bonds is 13. The summed E-state index contributed by atoms with van der Waals surface area (Å²) in [4.78, 5) is 20.9. The average molecular weight is 273 g/mol. The van der Waals surface area contributed by atoms with E-state index in [0.717, 1.165) is 38.5 Å². The van der Waals surface area contributed by atoms with Gasteiger partial charge in [0.1, 0.15) is 0 Å². The van der Waals surface area contributed by atoms with Crippen molar-refractivity contribution < 1.29 is 14.5 Å². The van der Waals surface area contributed by atoms with Crippen LogP contribution in [0.3, 0.4) is 0 Å². The van der Waals surface area contributed by atoms with Gasteiger partial charge in [0.2, 0.25) is 6.54 Å². The Bertz CT molecular complexity index is 244. The van der Waals surface area contributed by atoms with Gasteiger partial charge in [0.05, 0.1) is 6.61 Å². The molecule has 0 aromatic rings. The Balaban J connectivity index is 3.06. The highest BCUT2D eigenvalue weighted by atomic mass is 16.6. The van der Waals surface area contributed by atoms with Gasteiger partial charge in [-0.3, -0.25) is 14.9 Å². The topological polar surface area (TPSA) is 69.4 Å². The Morgan fingerprint density at radius 1 is 0.947 bits per heavy atom. The molecule has 19 heavy (non-hydrogen) atoms. The molecule has 0 unspecified atom stereocenters. The molecule has 0 saturated heterocycles. The molecule has 0 N–H and O–H groups in total. The van der Waals surface area contributed by atoms with E-state index in [-0.39, 0.29) is 17.4 Å². The van der Waals surface area contributed by atoms with Crippen LogP contribution < -0.4 is 0 Å². The summed E-state index contributed by atoms with van der Waals surface area (Å²) in [7, 11) is 0. The molecule has 0 rings (SSSR count). The van der Waals surface area contributed by atoms with E-state index in [2.05, 4.69) is 0 Å². The van der Waals surface area contributed by atoms with Gasteiger partial charge in [-0.25, -0.2) is 0 Å². The maximum Gasteiger partial charge on any atom is 0.305 e. The largest absolute Gasteiger partial charge is 0.466 e. The number of ether oxygens (including phenoxy) is 1. The van der Waals surface area contributed by atoms with Gasteiger partial charge < -0.3 is 4.74 Å². The van der Waals surface area contributed by atoms with Crippen molar-refractivity contribution in [2.45, 2.75) is 71.1 Å². The molecule has 5 nitrogen and oxygen atoms in total. The van der Waals surface area contributed by atoms with Crippen molar-refractivity contribution in [1.29, 1.82) is 0 Å². The number of nitrogens with zero attached hydrogens (tertiary/aromatic N) is 1. The van der Waals surface area contributed by atoms with E-state index in [1.165, 1.54) is 12.8 Å². The number of nitro groups is 1. The monoisotopic (exact) mass is 273 g/mol. The predicted molar refractivity (Wildman–Crippen MR) is 74.7 cm³/mol. The maximum absolute atomic E-state index is 11.1. The van der Waals surface area contributed by atoms with Crippen molar-refractivity contribution >= 4 is 5.97 Å². The van der Waals surface area contributed by atoms with E-state index in [1.807, 2.05) is 6.92 Å². The molecule has 0 aromatic heterocycles. The normalized spacial score (nSPS) is 10.4. The minimum atomic E-state index is -0.246. The maximum atomic E-state index is 11.1. The first kappa shape index (κ1) is 17.9. The van der Waals surface area contributed by atoms with Gasteiger partial charge in [0, 0.05) is 17.8 Å². The van der Waals surface area contributed by atoms with Gasteiger partial charge in [-0.2, -0.15) is 0 Å². The van der Waals surface area contributed by atoms with Gasteiger partial charge in [-0.05, 0) is 19.8 Å². The summed E-state index contributed by atoms with van der Waals surface area (Å²) in [6, 6.07) is 0. The molecule has 0 fully saturated rings. The SMILES string of the molecule is CCOC(=O)CCCCCCCCCCC[N+](=O)[O-]. The number of esters is 1. The van der Waals surface area contributed by atoms with E-state index in [4.69, 9.17) is 4.74 Å². The van der Waals surface area contributed by atoms with Gasteiger partial charge in [-0.1, -0.05) is 38.5 Å². The van der Waals surface area contributed by atoms with E-state index < -0.39 is 0 Å². The molecule has 0 radical (unpaired) electrons. The fraction of sp³-hybridized carbons (Fsp3) is 0.929.